The first-order valence-corrected chi connectivity index (χ1v) is 10.3. The second-order valence-electron chi connectivity index (χ2n) is 6.85. The molecule has 1 saturated heterocycles. The summed E-state index contributed by atoms with van der Waals surface area (Å²) in [5.41, 5.74) is 1.79. The Labute approximate surface area is 174 Å². The lowest BCUT2D eigenvalue weighted by Gasteiger charge is -2.24. The first kappa shape index (κ1) is 20.4. The molecule has 0 unspecified atom stereocenters. The van der Waals surface area contributed by atoms with Gasteiger partial charge in [0, 0.05) is 54.7 Å². The van der Waals surface area contributed by atoms with Crippen LogP contribution in [0.2, 0.25) is 0 Å². The number of hydrogen-bond acceptors (Lipinski definition) is 4. The number of benzene rings is 2. The van der Waals surface area contributed by atoms with E-state index in [0.29, 0.717) is 12.1 Å². The summed E-state index contributed by atoms with van der Waals surface area (Å²) < 4.78 is 6.15. The van der Waals surface area contributed by atoms with Crippen molar-refractivity contribution in [1.82, 2.24) is 4.90 Å². The lowest BCUT2D eigenvalue weighted by Crippen LogP contribution is -2.35. The molecule has 6 heteroatoms. The number of Topliss-reactive ketones (excluding diaryl/α,β-unsaturated/α-hetero) is 1. The maximum Gasteiger partial charge on any atom is 0.223 e. The van der Waals surface area contributed by atoms with Crippen LogP contribution in [-0.4, -0.2) is 49.9 Å². The van der Waals surface area contributed by atoms with Gasteiger partial charge in [-0.3, -0.25) is 9.59 Å². The summed E-state index contributed by atoms with van der Waals surface area (Å²) >= 11 is 3.36. The highest BCUT2D eigenvalue weighted by atomic mass is 79.9. The average Bonchev–Trinajstić information content (AvgIpc) is 2.99. The minimum Gasteiger partial charge on any atom is -0.497 e. The van der Waals surface area contributed by atoms with Crippen LogP contribution in [0, 0.1) is 0 Å². The zero-order valence-electron chi connectivity index (χ0n) is 16.1. The molecule has 0 saturated carbocycles. The molecule has 2 aromatic rings. The van der Waals surface area contributed by atoms with E-state index >= 15 is 0 Å². The molecule has 3 rings (SSSR count). The predicted molar refractivity (Wildman–Crippen MR) is 114 cm³/mol. The van der Waals surface area contributed by atoms with Crippen molar-refractivity contribution in [3.8, 4) is 5.75 Å². The maximum absolute atomic E-state index is 12.6. The van der Waals surface area contributed by atoms with Gasteiger partial charge in [-0.15, -0.1) is 0 Å². The van der Waals surface area contributed by atoms with Crippen molar-refractivity contribution >= 4 is 33.3 Å². The Morgan fingerprint density at radius 3 is 2.32 bits per heavy atom. The van der Waals surface area contributed by atoms with Gasteiger partial charge in [-0.1, -0.05) is 28.1 Å². The molecule has 0 N–H and O–H groups in total. The molecule has 0 bridgehead atoms. The molecule has 0 aromatic heterocycles. The van der Waals surface area contributed by atoms with Gasteiger partial charge in [-0.05, 0) is 42.8 Å². The fourth-order valence-corrected chi connectivity index (χ4v) is 3.64. The summed E-state index contributed by atoms with van der Waals surface area (Å²) in [6, 6.07) is 15.3. The van der Waals surface area contributed by atoms with E-state index in [1.165, 1.54) is 0 Å². The van der Waals surface area contributed by atoms with Crippen LogP contribution < -0.4 is 9.64 Å². The summed E-state index contributed by atoms with van der Waals surface area (Å²) in [4.78, 5) is 29.1. The van der Waals surface area contributed by atoms with Crippen molar-refractivity contribution in [3.63, 3.8) is 0 Å². The van der Waals surface area contributed by atoms with Crippen molar-refractivity contribution in [1.29, 1.82) is 0 Å². The Bertz CT molecular complexity index is 806. The highest BCUT2D eigenvalue weighted by molar-refractivity contribution is 9.10. The summed E-state index contributed by atoms with van der Waals surface area (Å²) in [7, 11) is 1.66. The molecular weight excluding hydrogens is 420 g/mol. The van der Waals surface area contributed by atoms with Crippen LogP contribution in [0.1, 0.15) is 29.6 Å². The number of methoxy groups -OCH3 is 1. The van der Waals surface area contributed by atoms with Gasteiger partial charge in [0.15, 0.2) is 5.78 Å². The third-order valence-electron chi connectivity index (χ3n) is 5.02. The lowest BCUT2D eigenvalue weighted by molar-refractivity contribution is -0.130. The molecule has 1 heterocycles. The minimum absolute atomic E-state index is 0.00975. The van der Waals surface area contributed by atoms with Gasteiger partial charge in [0.05, 0.1) is 7.11 Å². The number of anilines is 1. The van der Waals surface area contributed by atoms with Crippen molar-refractivity contribution in [2.24, 2.45) is 0 Å². The number of hydrogen-bond donors (Lipinski definition) is 0. The Hall–Kier alpha value is -2.34. The number of rotatable bonds is 6. The topological polar surface area (TPSA) is 49.9 Å². The largest absolute Gasteiger partial charge is 0.497 e. The summed E-state index contributed by atoms with van der Waals surface area (Å²) in [6.45, 7) is 3.11. The molecule has 0 radical (unpaired) electrons. The van der Waals surface area contributed by atoms with Crippen LogP contribution in [0.5, 0.6) is 5.75 Å². The van der Waals surface area contributed by atoms with Crippen LogP contribution in [0.4, 0.5) is 5.69 Å². The highest BCUT2D eigenvalue weighted by Gasteiger charge is 2.20. The molecule has 28 heavy (non-hydrogen) atoms. The number of amides is 1. The predicted octanol–water partition coefficient (Wildman–Crippen LogP) is 4.16. The van der Waals surface area contributed by atoms with E-state index in [0.717, 1.165) is 42.0 Å². The Morgan fingerprint density at radius 2 is 1.64 bits per heavy atom. The van der Waals surface area contributed by atoms with Crippen LogP contribution in [0.15, 0.2) is 53.0 Å². The van der Waals surface area contributed by atoms with E-state index in [1.807, 2.05) is 41.3 Å². The molecule has 1 fully saturated rings. The Balaban J connectivity index is 1.50. The third kappa shape index (κ3) is 5.35. The quantitative estimate of drug-likeness (QED) is 0.627. The first-order chi connectivity index (χ1) is 13.6. The molecular formula is C22H25BrN2O3. The Kier molecular flexibility index (Phi) is 7.09. The standard InChI is InChI=1S/C22H25BrN2O3/c1-28-20-9-7-19(8-10-20)24-13-2-14-25(16-15-24)22(27)12-11-21(26)17-3-5-18(23)6-4-17/h3-10H,2,11-16H2,1H3. The fraction of sp³-hybridized carbons (Fsp3) is 0.364. The zero-order chi connectivity index (χ0) is 19.9. The SMILES string of the molecule is COc1ccc(N2CCCN(C(=O)CCC(=O)c3ccc(Br)cc3)CC2)cc1. The summed E-state index contributed by atoms with van der Waals surface area (Å²) in [5.74, 6) is 0.906. The number of halogens is 1. The minimum atomic E-state index is 0.00975. The fourth-order valence-electron chi connectivity index (χ4n) is 3.38. The molecule has 0 atom stereocenters. The van der Waals surface area contributed by atoms with E-state index in [2.05, 4.69) is 20.8 Å². The van der Waals surface area contributed by atoms with E-state index in [4.69, 9.17) is 4.74 Å². The third-order valence-corrected chi connectivity index (χ3v) is 5.55. The van der Waals surface area contributed by atoms with E-state index < -0.39 is 0 Å². The molecule has 0 aliphatic carbocycles. The van der Waals surface area contributed by atoms with Crippen LogP contribution in [0.3, 0.4) is 0 Å². The zero-order valence-corrected chi connectivity index (χ0v) is 17.7. The van der Waals surface area contributed by atoms with Crippen LogP contribution in [-0.2, 0) is 4.79 Å². The smallest absolute Gasteiger partial charge is 0.223 e. The number of carbonyl (C=O) groups excluding carboxylic acids is 2. The van der Waals surface area contributed by atoms with Crippen molar-refractivity contribution in [3.05, 3.63) is 58.6 Å². The van der Waals surface area contributed by atoms with Gasteiger partial charge in [0.25, 0.3) is 0 Å². The molecule has 148 valence electrons. The number of ether oxygens (including phenoxy) is 1. The highest BCUT2D eigenvalue weighted by Crippen LogP contribution is 2.21. The van der Waals surface area contributed by atoms with E-state index in [9.17, 15) is 9.59 Å². The second kappa shape index (κ2) is 9.73. The number of ketones is 1. The van der Waals surface area contributed by atoms with Gasteiger partial charge < -0.3 is 14.5 Å². The second-order valence-corrected chi connectivity index (χ2v) is 7.77. The van der Waals surface area contributed by atoms with Gasteiger partial charge in [0.2, 0.25) is 5.91 Å². The molecule has 0 spiro atoms. The average molecular weight is 445 g/mol. The van der Waals surface area contributed by atoms with E-state index in [-0.39, 0.29) is 24.5 Å². The number of carbonyl (C=O) groups is 2. The van der Waals surface area contributed by atoms with Crippen molar-refractivity contribution in [2.45, 2.75) is 19.3 Å². The molecule has 1 aliphatic rings. The van der Waals surface area contributed by atoms with Crippen molar-refractivity contribution in [2.75, 3.05) is 38.2 Å². The molecule has 1 amide bonds. The van der Waals surface area contributed by atoms with Crippen LogP contribution in [0.25, 0.3) is 0 Å². The Morgan fingerprint density at radius 1 is 0.929 bits per heavy atom. The van der Waals surface area contributed by atoms with Crippen molar-refractivity contribution < 1.29 is 14.3 Å². The number of nitrogens with zero attached hydrogens (tertiary/aromatic N) is 2. The summed E-state index contributed by atoms with van der Waals surface area (Å²) in [6.07, 6.45) is 1.43. The van der Waals surface area contributed by atoms with Gasteiger partial charge >= 0.3 is 0 Å². The monoisotopic (exact) mass is 444 g/mol. The van der Waals surface area contributed by atoms with E-state index in [1.54, 1.807) is 19.2 Å². The summed E-state index contributed by atoms with van der Waals surface area (Å²) in [5, 5.41) is 0. The molecule has 1 aliphatic heterocycles. The van der Waals surface area contributed by atoms with Gasteiger partial charge in [0.1, 0.15) is 5.75 Å². The maximum atomic E-state index is 12.6. The molecule has 5 nitrogen and oxygen atoms in total. The lowest BCUT2D eigenvalue weighted by atomic mass is 10.1. The first-order valence-electron chi connectivity index (χ1n) is 9.52. The van der Waals surface area contributed by atoms with Gasteiger partial charge in [-0.25, -0.2) is 0 Å². The normalized spacial score (nSPS) is 14.5. The van der Waals surface area contributed by atoms with Gasteiger partial charge in [-0.2, -0.15) is 0 Å². The molecule has 2 aromatic carbocycles. The van der Waals surface area contributed by atoms with Crippen LogP contribution >= 0.6 is 15.9 Å².